The fourth-order valence-electron chi connectivity index (χ4n) is 3.12. The molecule has 1 atom stereocenters. The highest BCUT2D eigenvalue weighted by molar-refractivity contribution is 5.75. The van der Waals surface area contributed by atoms with Crippen LogP contribution < -0.4 is 10.6 Å². The number of imidazole rings is 1. The molecule has 1 unspecified atom stereocenters. The number of hydrogen-bond donors (Lipinski definition) is 2. The third-order valence-corrected chi connectivity index (χ3v) is 4.65. The van der Waals surface area contributed by atoms with Gasteiger partial charge in [0.1, 0.15) is 17.7 Å². The van der Waals surface area contributed by atoms with E-state index >= 15 is 0 Å². The second-order valence-electron chi connectivity index (χ2n) is 6.58. The number of piperidine rings is 1. The first kappa shape index (κ1) is 17.4. The molecule has 1 fully saturated rings. The Morgan fingerprint density at radius 3 is 2.52 bits per heavy atom. The summed E-state index contributed by atoms with van der Waals surface area (Å²) >= 11 is 0. The van der Waals surface area contributed by atoms with Crippen molar-refractivity contribution in [3.05, 3.63) is 53.9 Å². The predicted octanol–water partition coefficient (Wildman–Crippen LogP) is 2.04. The summed E-state index contributed by atoms with van der Waals surface area (Å²) in [5.41, 5.74) is 0.786. The van der Waals surface area contributed by atoms with Crippen LogP contribution in [0.1, 0.15) is 30.3 Å². The maximum Gasteiger partial charge on any atom is 0.315 e. The molecule has 25 heavy (non-hydrogen) atoms. The Morgan fingerprint density at radius 2 is 1.92 bits per heavy atom. The van der Waals surface area contributed by atoms with E-state index in [4.69, 9.17) is 0 Å². The third kappa shape index (κ3) is 4.36. The smallest absolute Gasteiger partial charge is 0.315 e. The van der Waals surface area contributed by atoms with Gasteiger partial charge in [-0.3, -0.25) is 0 Å². The number of nitrogens with zero attached hydrogens (tertiary/aromatic N) is 3. The Bertz CT molecular complexity index is 707. The van der Waals surface area contributed by atoms with E-state index in [2.05, 4.69) is 27.6 Å². The zero-order valence-corrected chi connectivity index (χ0v) is 14.6. The zero-order chi connectivity index (χ0) is 17.8. The standard InChI is InChI=1S/C18H24FN5O/c1-23-10-7-15(8-11-23)21-18(25)22-16(17-20-9-12-24(17)2)13-3-5-14(19)6-4-13/h3-6,9,12,15-16H,7-8,10-11H2,1-2H3,(H2,21,22,25). The molecule has 0 aliphatic carbocycles. The number of hydrogen-bond acceptors (Lipinski definition) is 3. The molecule has 2 aromatic rings. The lowest BCUT2D eigenvalue weighted by Gasteiger charge is -2.30. The van der Waals surface area contributed by atoms with Crippen molar-refractivity contribution in [1.29, 1.82) is 0 Å². The molecule has 2 N–H and O–H groups in total. The van der Waals surface area contributed by atoms with Gasteiger partial charge in [-0.25, -0.2) is 14.2 Å². The maximum absolute atomic E-state index is 13.3. The molecule has 3 rings (SSSR count). The topological polar surface area (TPSA) is 62.2 Å². The van der Waals surface area contributed by atoms with E-state index in [-0.39, 0.29) is 17.9 Å². The highest BCUT2D eigenvalue weighted by atomic mass is 19.1. The maximum atomic E-state index is 13.3. The number of benzene rings is 1. The molecule has 0 radical (unpaired) electrons. The van der Waals surface area contributed by atoms with Crippen LogP contribution in [-0.2, 0) is 7.05 Å². The number of aromatic nitrogens is 2. The Hall–Kier alpha value is -2.41. The SMILES string of the molecule is CN1CCC(NC(=O)NC(c2ccc(F)cc2)c2nccn2C)CC1. The Morgan fingerprint density at radius 1 is 1.24 bits per heavy atom. The van der Waals surface area contributed by atoms with Crippen LogP contribution in [0, 0.1) is 5.82 Å². The van der Waals surface area contributed by atoms with E-state index in [0.717, 1.165) is 31.5 Å². The number of nitrogens with one attached hydrogen (secondary N) is 2. The molecule has 0 bridgehead atoms. The van der Waals surface area contributed by atoms with Gasteiger partial charge in [0.2, 0.25) is 0 Å². The summed E-state index contributed by atoms with van der Waals surface area (Å²) in [6, 6.07) is 5.63. The van der Waals surface area contributed by atoms with E-state index in [9.17, 15) is 9.18 Å². The quantitative estimate of drug-likeness (QED) is 0.891. The number of rotatable bonds is 4. The van der Waals surface area contributed by atoms with Crippen molar-refractivity contribution in [1.82, 2.24) is 25.1 Å². The molecule has 7 heteroatoms. The first-order valence-electron chi connectivity index (χ1n) is 8.51. The lowest BCUT2D eigenvalue weighted by molar-refractivity contribution is 0.212. The first-order valence-corrected chi connectivity index (χ1v) is 8.51. The van der Waals surface area contributed by atoms with Crippen molar-refractivity contribution in [2.45, 2.75) is 24.9 Å². The highest BCUT2D eigenvalue weighted by Crippen LogP contribution is 2.21. The van der Waals surface area contributed by atoms with Crippen LogP contribution >= 0.6 is 0 Å². The lowest BCUT2D eigenvalue weighted by atomic mass is 10.1. The van der Waals surface area contributed by atoms with Crippen LogP contribution in [0.5, 0.6) is 0 Å². The van der Waals surface area contributed by atoms with Gasteiger partial charge in [0.15, 0.2) is 0 Å². The van der Waals surface area contributed by atoms with Gasteiger partial charge in [-0.15, -0.1) is 0 Å². The normalized spacial score (nSPS) is 17.2. The Labute approximate surface area is 147 Å². The van der Waals surface area contributed by atoms with Crippen LogP contribution in [0.15, 0.2) is 36.7 Å². The minimum Gasteiger partial charge on any atom is -0.336 e. The summed E-state index contributed by atoms with van der Waals surface area (Å²) in [4.78, 5) is 19.1. The highest BCUT2D eigenvalue weighted by Gasteiger charge is 2.23. The van der Waals surface area contributed by atoms with Gasteiger partial charge in [-0.05, 0) is 50.7 Å². The van der Waals surface area contributed by atoms with Gasteiger partial charge < -0.3 is 20.1 Å². The van der Waals surface area contributed by atoms with E-state index < -0.39 is 6.04 Å². The fraction of sp³-hybridized carbons (Fsp3) is 0.444. The fourth-order valence-corrected chi connectivity index (χ4v) is 3.12. The van der Waals surface area contributed by atoms with E-state index in [1.54, 1.807) is 18.3 Å². The molecular weight excluding hydrogens is 321 g/mol. The van der Waals surface area contributed by atoms with Gasteiger partial charge in [0.25, 0.3) is 0 Å². The molecule has 1 aliphatic rings. The average Bonchev–Trinajstić information content (AvgIpc) is 3.01. The zero-order valence-electron chi connectivity index (χ0n) is 14.6. The molecule has 0 saturated carbocycles. The van der Waals surface area contributed by atoms with Crippen LogP contribution in [0.25, 0.3) is 0 Å². The molecule has 0 spiro atoms. The van der Waals surface area contributed by atoms with E-state index in [1.165, 1.54) is 12.1 Å². The van der Waals surface area contributed by atoms with Gasteiger partial charge in [-0.2, -0.15) is 0 Å². The summed E-state index contributed by atoms with van der Waals surface area (Å²) in [6.07, 6.45) is 5.38. The van der Waals surface area contributed by atoms with Crippen LogP contribution in [0.4, 0.5) is 9.18 Å². The number of amides is 2. The van der Waals surface area contributed by atoms with Crippen molar-refractivity contribution in [2.75, 3.05) is 20.1 Å². The van der Waals surface area contributed by atoms with Crippen LogP contribution in [0.3, 0.4) is 0 Å². The molecule has 1 aromatic carbocycles. The van der Waals surface area contributed by atoms with Crippen molar-refractivity contribution < 1.29 is 9.18 Å². The summed E-state index contributed by atoms with van der Waals surface area (Å²) in [5.74, 6) is 0.392. The summed E-state index contributed by atoms with van der Waals surface area (Å²) < 4.78 is 15.1. The molecule has 2 amide bonds. The molecule has 1 saturated heterocycles. The molecule has 2 heterocycles. The van der Waals surface area contributed by atoms with E-state index in [1.807, 2.05) is 17.8 Å². The van der Waals surface area contributed by atoms with Crippen molar-refractivity contribution in [2.24, 2.45) is 7.05 Å². The first-order chi connectivity index (χ1) is 12.0. The van der Waals surface area contributed by atoms with Crippen molar-refractivity contribution in [3.63, 3.8) is 0 Å². The van der Waals surface area contributed by atoms with Crippen molar-refractivity contribution in [3.8, 4) is 0 Å². The van der Waals surface area contributed by atoms with Gasteiger partial charge in [-0.1, -0.05) is 12.1 Å². The monoisotopic (exact) mass is 345 g/mol. The lowest BCUT2D eigenvalue weighted by Crippen LogP contribution is -2.48. The number of aryl methyl sites for hydroxylation is 1. The van der Waals surface area contributed by atoms with Crippen molar-refractivity contribution >= 4 is 6.03 Å². The number of likely N-dealkylation sites (tertiary alicyclic amines) is 1. The summed E-state index contributed by atoms with van der Waals surface area (Å²) in [5, 5.41) is 6.03. The van der Waals surface area contributed by atoms with Crippen LogP contribution in [0.2, 0.25) is 0 Å². The Balaban J connectivity index is 1.72. The minimum absolute atomic E-state index is 0.173. The summed E-state index contributed by atoms with van der Waals surface area (Å²) in [6.45, 7) is 1.96. The second kappa shape index (κ2) is 7.65. The summed E-state index contributed by atoms with van der Waals surface area (Å²) in [7, 11) is 3.96. The molecule has 134 valence electrons. The van der Waals surface area contributed by atoms with E-state index in [0.29, 0.717) is 5.82 Å². The molecule has 6 nitrogen and oxygen atoms in total. The minimum atomic E-state index is -0.438. The van der Waals surface area contributed by atoms with Gasteiger partial charge in [0.05, 0.1) is 0 Å². The third-order valence-electron chi connectivity index (χ3n) is 4.65. The number of carbonyl (C=O) groups excluding carboxylic acids is 1. The van der Waals surface area contributed by atoms with Gasteiger partial charge >= 0.3 is 6.03 Å². The molecule has 1 aromatic heterocycles. The van der Waals surface area contributed by atoms with Gasteiger partial charge in [0, 0.05) is 25.5 Å². The predicted molar refractivity (Wildman–Crippen MR) is 93.6 cm³/mol. The Kier molecular flexibility index (Phi) is 5.33. The molecule has 1 aliphatic heterocycles. The molecular formula is C18H24FN5O. The number of urea groups is 1. The number of halogens is 1. The number of carbonyl (C=O) groups is 1. The largest absolute Gasteiger partial charge is 0.336 e. The second-order valence-corrected chi connectivity index (χ2v) is 6.58. The van der Waals surface area contributed by atoms with Crippen LogP contribution in [-0.4, -0.2) is 46.7 Å². The average molecular weight is 345 g/mol.